The van der Waals surface area contributed by atoms with Crippen LogP contribution in [-0.4, -0.2) is 36.3 Å². The highest BCUT2D eigenvalue weighted by Gasteiger charge is 2.35. The van der Waals surface area contributed by atoms with Crippen LogP contribution in [-0.2, 0) is 19.0 Å². The third kappa shape index (κ3) is 8.60. The van der Waals surface area contributed by atoms with E-state index in [0.717, 1.165) is 30.5 Å². The lowest BCUT2D eigenvalue weighted by Crippen LogP contribution is -2.45. The van der Waals surface area contributed by atoms with Crippen molar-refractivity contribution >= 4 is 17.4 Å². The standard InChI is InChI=1S/C30H39F3N4O.C2H6/c1-5-8-26(36-28(20(3)6-2)27-9-7-18-37(27)29(34)35)23-15-14-22(25(19-23)30(31,32)33)13-10-21-11-16-24(38-4)17-12-21;1-2/h8,11-12,14-17,19-20,27H,5-7,9-10,13,18H2,1-4H3,(H3,34,35);1-2H3/b26-8-,36-28?;. The highest BCUT2D eigenvalue weighted by molar-refractivity contribution is 5.98. The number of nitrogens with one attached hydrogen (secondary N) is 1. The molecule has 0 saturated carbocycles. The van der Waals surface area contributed by atoms with Gasteiger partial charge in [-0.2, -0.15) is 13.2 Å². The first-order chi connectivity index (χ1) is 19.1. The van der Waals surface area contributed by atoms with Gasteiger partial charge in [0.05, 0.1) is 24.4 Å². The Labute approximate surface area is 237 Å². The van der Waals surface area contributed by atoms with Crippen molar-refractivity contribution in [2.75, 3.05) is 13.7 Å². The first-order valence-corrected chi connectivity index (χ1v) is 14.3. The molecule has 5 nitrogen and oxygen atoms in total. The largest absolute Gasteiger partial charge is 0.497 e. The molecule has 2 unspecified atom stereocenters. The van der Waals surface area contributed by atoms with Gasteiger partial charge < -0.3 is 15.4 Å². The first kappa shape index (κ1) is 32.9. The monoisotopic (exact) mass is 558 g/mol. The summed E-state index contributed by atoms with van der Waals surface area (Å²) in [6, 6.07) is 11.8. The number of aliphatic imine (C=N–C) groups is 1. The van der Waals surface area contributed by atoms with Crippen LogP contribution in [0, 0.1) is 11.3 Å². The van der Waals surface area contributed by atoms with Gasteiger partial charge in [0, 0.05) is 17.8 Å². The molecule has 3 N–H and O–H groups in total. The van der Waals surface area contributed by atoms with E-state index in [0.29, 0.717) is 36.4 Å². The molecule has 1 aliphatic heterocycles. The summed E-state index contributed by atoms with van der Waals surface area (Å²) in [5, 5.41) is 7.99. The summed E-state index contributed by atoms with van der Waals surface area (Å²) in [6.45, 7) is 10.8. The lowest BCUT2D eigenvalue weighted by atomic mass is 9.93. The van der Waals surface area contributed by atoms with Crippen LogP contribution in [0.25, 0.3) is 5.70 Å². The summed E-state index contributed by atoms with van der Waals surface area (Å²) in [5.74, 6) is 0.821. The Kier molecular flexibility index (Phi) is 12.7. The third-order valence-corrected chi connectivity index (χ3v) is 7.22. The number of guanidine groups is 1. The summed E-state index contributed by atoms with van der Waals surface area (Å²) < 4.78 is 47.8. The number of ether oxygens (including phenoxy) is 1. The Balaban J connectivity index is 0.00000274. The van der Waals surface area contributed by atoms with E-state index >= 15 is 0 Å². The minimum atomic E-state index is -4.48. The van der Waals surface area contributed by atoms with E-state index < -0.39 is 11.7 Å². The molecule has 0 radical (unpaired) electrons. The van der Waals surface area contributed by atoms with Crippen molar-refractivity contribution in [2.24, 2.45) is 16.6 Å². The lowest BCUT2D eigenvalue weighted by molar-refractivity contribution is -0.138. The van der Waals surface area contributed by atoms with E-state index in [9.17, 15) is 13.2 Å². The molecule has 2 aromatic carbocycles. The number of hydrogen-bond donors (Lipinski definition) is 2. The van der Waals surface area contributed by atoms with Crippen LogP contribution in [0.3, 0.4) is 0 Å². The number of alkyl halides is 3. The van der Waals surface area contributed by atoms with Gasteiger partial charge in [0.1, 0.15) is 5.75 Å². The molecule has 0 amide bonds. The predicted octanol–water partition coefficient (Wildman–Crippen LogP) is 8.12. The molecule has 2 atom stereocenters. The molecular formula is C32H45F3N4O. The van der Waals surface area contributed by atoms with Gasteiger partial charge in [-0.05, 0) is 73.8 Å². The zero-order valence-corrected chi connectivity index (χ0v) is 24.7. The molecule has 220 valence electrons. The molecule has 3 rings (SSSR count). The summed E-state index contributed by atoms with van der Waals surface area (Å²) in [5.41, 5.74) is 8.28. The van der Waals surface area contributed by atoms with E-state index in [1.807, 2.05) is 56.0 Å². The number of hydrogen-bond acceptors (Lipinski definition) is 3. The van der Waals surface area contributed by atoms with E-state index in [1.54, 1.807) is 19.2 Å². The fraction of sp³-hybridized carbons (Fsp3) is 0.500. The van der Waals surface area contributed by atoms with Gasteiger partial charge in [-0.3, -0.25) is 10.4 Å². The maximum absolute atomic E-state index is 14.2. The van der Waals surface area contributed by atoms with Crippen LogP contribution in [0.15, 0.2) is 53.5 Å². The Morgan fingerprint density at radius 2 is 1.82 bits per heavy atom. The van der Waals surface area contributed by atoms with Gasteiger partial charge in [-0.25, -0.2) is 0 Å². The lowest BCUT2D eigenvalue weighted by Gasteiger charge is -2.29. The number of methoxy groups -OCH3 is 1. The maximum Gasteiger partial charge on any atom is 0.416 e. The van der Waals surface area contributed by atoms with E-state index in [2.05, 4.69) is 13.8 Å². The number of halogens is 3. The minimum absolute atomic E-state index is 0.00472. The molecule has 0 spiro atoms. The summed E-state index contributed by atoms with van der Waals surface area (Å²) >= 11 is 0. The van der Waals surface area contributed by atoms with Gasteiger partial charge in [0.25, 0.3) is 0 Å². The summed E-state index contributed by atoms with van der Waals surface area (Å²) in [7, 11) is 1.58. The van der Waals surface area contributed by atoms with Crippen LogP contribution in [0.2, 0.25) is 0 Å². The number of likely N-dealkylation sites (tertiary alicyclic amines) is 1. The smallest absolute Gasteiger partial charge is 0.416 e. The fourth-order valence-electron chi connectivity index (χ4n) is 4.93. The van der Waals surface area contributed by atoms with E-state index in [4.69, 9.17) is 20.9 Å². The average Bonchev–Trinajstić information content (AvgIpc) is 3.44. The Morgan fingerprint density at radius 1 is 1.15 bits per heavy atom. The van der Waals surface area contributed by atoms with Crippen LogP contribution >= 0.6 is 0 Å². The molecular weight excluding hydrogens is 513 g/mol. The zero-order chi connectivity index (χ0) is 29.9. The third-order valence-electron chi connectivity index (χ3n) is 7.22. The van der Waals surface area contributed by atoms with Crippen LogP contribution < -0.4 is 10.5 Å². The maximum atomic E-state index is 14.2. The summed E-state index contributed by atoms with van der Waals surface area (Å²) in [4.78, 5) is 6.83. The van der Waals surface area contributed by atoms with Crippen molar-refractivity contribution in [3.63, 3.8) is 0 Å². The normalized spacial score (nSPS) is 16.8. The second-order valence-electron chi connectivity index (χ2n) is 9.80. The first-order valence-electron chi connectivity index (χ1n) is 14.3. The quantitative estimate of drug-likeness (QED) is 0.228. The zero-order valence-electron chi connectivity index (χ0n) is 24.7. The highest BCUT2D eigenvalue weighted by Crippen LogP contribution is 2.36. The van der Waals surface area contributed by atoms with Crippen molar-refractivity contribution in [3.8, 4) is 5.75 Å². The Hall–Kier alpha value is -3.29. The summed E-state index contributed by atoms with van der Waals surface area (Å²) in [6.07, 6.45) is 1.33. The molecule has 1 aliphatic rings. The number of benzene rings is 2. The predicted molar refractivity (Wildman–Crippen MR) is 160 cm³/mol. The topological polar surface area (TPSA) is 74.7 Å². The second-order valence-corrected chi connectivity index (χ2v) is 9.80. The second kappa shape index (κ2) is 15.5. The molecule has 0 aliphatic carbocycles. The number of aryl methyl sites for hydroxylation is 2. The van der Waals surface area contributed by atoms with Crippen molar-refractivity contribution in [3.05, 3.63) is 70.8 Å². The van der Waals surface area contributed by atoms with Crippen molar-refractivity contribution < 1.29 is 17.9 Å². The van der Waals surface area contributed by atoms with Crippen molar-refractivity contribution in [1.29, 1.82) is 5.41 Å². The molecule has 40 heavy (non-hydrogen) atoms. The minimum Gasteiger partial charge on any atom is -0.497 e. The highest BCUT2D eigenvalue weighted by atomic mass is 19.4. The molecule has 1 fully saturated rings. The average molecular weight is 559 g/mol. The van der Waals surface area contributed by atoms with Crippen LogP contribution in [0.5, 0.6) is 5.75 Å². The van der Waals surface area contributed by atoms with Crippen LogP contribution in [0.4, 0.5) is 13.2 Å². The number of nitrogens with zero attached hydrogens (tertiary/aromatic N) is 2. The van der Waals surface area contributed by atoms with Crippen molar-refractivity contribution in [1.82, 2.24) is 4.90 Å². The number of rotatable bonds is 10. The van der Waals surface area contributed by atoms with Gasteiger partial charge in [-0.1, -0.05) is 65.0 Å². The van der Waals surface area contributed by atoms with Gasteiger partial charge in [0.2, 0.25) is 0 Å². The number of allylic oxidation sites excluding steroid dienone is 1. The molecule has 0 aromatic heterocycles. The van der Waals surface area contributed by atoms with Crippen molar-refractivity contribution in [2.45, 2.75) is 85.4 Å². The molecule has 0 bridgehead atoms. The Morgan fingerprint density at radius 3 is 2.38 bits per heavy atom. The van der Waals surface area contributed by atoms with Gasteiger partial charge in [0.15, 0.2) is 5.96 Å². The van der Waals surface area contributed by atoms with Gasteiger partial charge in [-0.15, -0.1) is 0 Å². The number of nitrogens with two attached hydrogens (primary N) is 1. The molecule has 1 heterocycles. The molecule has 8 heteroatoms. The van der Waals surface area contributed by atoms with E-state index in [1.165, 1.54) is 6.07 Å². The fourth-order valence-corrected chi connectivity index (χ4v) is 4.93. The van der Waals surface area contributed by atoms with E-state index in [-0.39, 0.29) is 29.9 Å². The SMILES string of the molecule is CC.CC/C=C(\N=C(C(C)CC)C1CCCN1C(=N)N)c1ccc(CCc2ccc(OC)cc2)c(C(F)(F)F)c1. The Bertz CT molecular complexity index is 1160. The molecule has 2 aromatic rings. The molecule has 1 saturated heterocycles. The van der Waals surface area contributed by atoms with Gasteiger partial charge >= 0.3 is 6.18 Å². The van der Waals surface area contributed by atoms with Crippen LogP contribution in [0.1, 0.15) is 82.6 Å².